The van der Waals surface area contributed by atoms with Crippen molar-refractivity contribution >= 4 is 70.9 Å². The van der Waals surface area contributed by atoms with Crippen LogP contribution in [0.5, 0.6) is 0 Å². The third kappa shape index (κ3) is 56.6. The lowest BCUT2D eigenvalue weighted by Gasteiger charge is -2.31. The number of carbonyl (C=O) groups excluding carboxylic acids is 4. The molecular weight excluding hydrogens is 1020 g/mol. The summed E-state index contributed by atoms with van der Waals surface area (Å²) < 4.78 is 23.7. The quantitative estimate of drug-likeness (QED) is 0.0329. The topological polar surface area (TPSA) is 105 Å². The Labute approximate surface area is 487 Å². The summed E-state index contributed by atoms with van der Waals surface area (Å²) in [5, 5.41) is 0. The summed E-state index contributed by atoms with van der Waals surface area (Å²) in [4.78, 5) is 53.1. The number of esters is 4. The maximum atomic E-state index is 13.3. The van der Waals surface area contributed by atoms with Gasteiger partial charge < -0.3 is 18.9 Å². The zero-order valence-electron chi connectivity index (χ0n) is 50.3. The third-order valence-corrected chi connectivity index (χ3v) is 18.6. The highest BCUT2D eigenvalue weighted by molar-refractivity contribution is 7.99. The number of unbranched alkanes of at least 4 members (excludes halogenated alkanes) is 35. The van der Waals surface area contributed by atoms with Crippen LogP contribution >= 0.6 is 47.0 Å². The minimum absolute atomic E-state index is 0.183. The Morgan fingerprint density at radius 2 is 0.395 bits per heavy atom. The number of rotatable bonds is 63. The number of hydrogen-bond acceptors (Lipinski definition) is 12. The van der Waals surface area contributed by atoms with Gasteiger partial charge in [0.25, 0.3) is 0 Å². The molecule has 0 amide bonds. The monoisotopic (exact) mass is 1150 g/mol. The van der Waals surface area contributed by atoms with Crippen LogP contribution in [0.1, 0.15) is 304 Å². The molecule has 0 aliphatic heterocycles. The van der Waals surface area contributed by atoms with Crippen LogP contribution in [0.25, 0.3) is 0 Å². The van der Waals surface area contributed by atoms with E-state index in [-0.39, 0.29) is 76.0 Å². The molecule has 0 N–H and O–H groups in total. The summed E-state index contributed by atoms with van der Waals surface area (Å²) in [6.45, 7) is 8.31. The summed E-state index contributed by atoms with van der Waals surface area (Å²) in [6, 6.07) is 0. The van der Waals surface area contributed by atoms with E-state index in [2.05, 4.69) is 27.7 Å². The predicted molar refractivity (Wildman–Crippen MR) is 337 cm³/mol. The lowest BCUT2D eigenvalue weighted by atomic mass is 9.92. The Balaban J connectivity index is 5.42. The van der Waals surface area contributed by atoms with Crippen molar-refractivity contribution in [1.29, 1.82) is 0 Å². The number of hydrogen-bond donors (Lipinski definition) is 0. The van der Waals surface area contributed by atoms with Crippen LogP contribution in [-0.2, 0) is 38.1 Å². The fourth-order valence-corrected chi connectivity index (χ4v) is 12.8. The molecule has 0 aromatic carbocycles. The molecule has 0 spiro atoms. The number of thioether (sulfide) groups is 4. The second kappa shape index (κ2) is 61.9. The van der Waals surface area contributed by atoms with Crippen molar-refractivity contribution in [2.24, 2.45) is 5.41 Å². The minimum Gasteiger partial charge on any atom is -0.465 e. The first kappa shape index (κ1) is 75.3. The van der Waals surface area contributed by atoms with Crippen molar-refractivity contribution in [3.63, 3.8) is 0 Å². The van der Waals surface area contributed by atoms with Crippen LogP contribution in [-0.4, -0.2) is 96.3 Å². The van der Waals surface area contributed by atoms with Crippen molar-refractivity contribution in [2.45, 2.75) is 304 Å². The van der Waals surface area contributed by atoms with Crippen LogP contribution < -0.4 is 0 Å². The standard InChI is InChI=1S/C64H122O8S4/c1-5-9-13-17-21-25-29-33-37-41-49-74-53-45-61(66)70-57-64(56-69-60(65)44-52-73-48-40-36-32-28-24-20-16-12-8-4,58-71-62(67)46-54-75-50-42-38-34-30-26-22-18-14-10-6-2)59-72-63(68)47-55-76-51-43-39-35-31-27-23-19-15-11-7-3/h5-59H2,1-4H3. The summed E-state index contributed by atoms with van der Waals surface area (Å²) in [5.74, 6) is 5.27. The average molecular weight is 1150 g/mol. The largest absolute Gasteiger partial charge is 0.465 e. The molecule has 76 heavy (non-hydrogen) atoms. The molecule has 0 heterocycles. The lowest BCUT2D eigenvalue weighted by molar-refractivity contribution is -0.170. The Kier molecular flexibility index (Phi) is 61.3. The zero-order chi connectivity index (χ0) is 55.4. The van der Waals surface area contributed by atoms with Gasteiger partial charge in [-0.05, 0) is 48.7 Å². The normalized spacial score (nSPS) is 11.6. The number of carbonyl (C=O) groups is 4. The molecule has 0 bridgehead atoms. The van der Waals surface area contributed by atoms with E-state index in [0.717, 1.165) is 48.7 Å². The number of ether oxygens (including phenoxy) is 4. The zero-order valence-corrected chi connectivity index (χ0v) is 53.6. The van der Waals surface area contributed by atoms with E-state index < -0.39 is 5.41 Å². The minimum atomic E-state index is -1.23. The average Bonchev–Trinajstić information content (AvgIpc) is 3.42. The first-order valence-corrected chi connectivity index (χ1v) is 36.9. The van der Waals surface area contributed by atoms with Gasteiger partial charge >= 0.3 is 23.9 Å². The van der Waals surface area contributed by atoms with Gasteiger partial charge in [-0.25, -0.2) is 0 Å². The van der Waals surface area contributed by atoms with E-state index in [1.807, 2.05) is 0 Å². The fourth-order valence-electron chi connectivity index (χ4n) is 9.09. The molecular formula is C64H122O8S4. The highest BCUT2D eigenvalue weighted by Gasteiger charge is 2.38. The maximum absolute atomic E-state index is 13.3. The first-order chi connectivity index (χ1) is 37.3. The Bertz CT molecular complexity index is 1150. The molecule has 8 nitrogen and oxygen atoms in total. The molecule has 0 unspecified atom stereocenters. The van der Waals surface area contributed by atoms with Gasteiger partial charge in [-0.15, -0.1) is 0 Å². The van der Waals surface area contributed by atoms with Gasteiger partial charge in [-0.2, -0.15) is 47.0 Å². The molecule has 450 valence electrons. The Morgan fingerprint density at radius 3 is 0.566 bits per heavy atom. The first-order valence-electron chi connectivity index (χ1n) is 32.3. The molecule has 0 saturated heterocycles. The molecule has 0 atom stereocenters. The van der Waals surface area contributed by atoms with E-state index in [4.69, 9.17) is 18.9 Å². The van der Waals surface area contributed by atoms with Crippen molar-refractivity contribution < 1.29 is 38.1 Å². The molecule has 0 radical (unpaired) electrons. The van der Waals surface area contributed by atoms with E-state index in [9.17, 15) is 19.2 Å². The van der Waals surface area contributed by atoms with Gasteiger partial charge in [0.1, 0.15) is 31.8 Å². The molecule has 12 heteroatoms. The van der Waals surface area contributed by atoms with Crippen LogP contribution in [0.15, 0.2) is 0 Å². The SMILES string of the molecule is CCCCCCCCCCCCSCCC(=O)OCC(COC(=O)CCSCCCCCCCCCCC)(COC(=O)CCSCCCCCCCCCCCC)COC(=O)CCSCCCCCCCCCCCC. The molecule has 0 aromatic rings. The fraction of sp³-hybridized carbons (Fsp3) is 0.938. The van der Waals surface area contributed by atoms with E-state index in [1.54, 1.807) is 47.0 Å². The van der Waals surface area contributed by atoms with Gasteiger partial charge in [0.2, 0.25) is 0 Å². The third-order valence-electron chi connectivity index (χ3n) is 14.3. The smallest absolute Gasteiger partial charge is 0.306 e. The summed E-state index contributed by atoms with van der Waals surface area (Å²) in [5.41, 5.74) is -1.23. The van der Waals surface area contributed by atoms with E-state index >= 15 is 0 Å². The van der Waals surface area contributed by atoms with Gasteiger partial charge in [0.05, 0.1) is 25.7 Å². The maximum Gasteiger partial charge on any atom is 0.306 e. The molecule has 0 aliphatic rings. The van der Waals surface area contributed by atoms with Crippen LogP contribution in [0.3, 0.4) is 0 Å². The van der Waals surface area contributed by atoms with Gasteiger partial charge in [0.15, 0.2) is 0 Å². The summed E-state index contributed by atoms with van der Waals surface area (Å²) in [6.07, 6.45) is 51.5. The second-order valence-corrected chi connectivity index (χ2v) is 26.9. The van der Waals surface area contributed by atoms with Gasteiger partial charge in [0, 0.05) is 23.0 Å². The van der Waals surface area contributed by atoms with Crippen LogP contribution in [0.2, 0.25) is 0 Å². The Hall–Kier alpha value is -0.720. The van der Waals surface area contributed by atoms with Crippen molar-refractivity contribution in [2.75, 3.05) is 72.5 Å². The molecule has 0 saturated carbocycles. The van der Waals surface area contributed by atoms with E-state index in [1.165, 1.54) is 225 Å². The molecule has 0 rings (SSSR count). The summed E-state index contributed by atoms with van der Waals surface area (Å²) in [7, 11) is 0. The molecule has 0 fully saturated rings. The highest BCUT2D eigenvalue weighted by atomic mass is 32.2. The van der Waals surface area contributed by atoms with Gasteiger partial charge in [-0.1, -0.05) is 252 Å². The van der Waals surface area contributed by atoms with Crippen LogP contribution in [0, 0.1) is 5.41 Å². The van der Waals surface area contributed by atoms with Crippen molar-refractivity contribution in [3.05, 3.63) is 0 Å². The highest BCUT2D eigenvalue weighted by Crippen LogP contribution is 2.25. The van der Waals surface area contributed by atoms with E-state index in [0.29, 0.717) is 23.0 Å². The van der Waals surface area contributed by atoms with Crippen molar-refractivity contribution in [1.82, 2.24) is 0 Å². The van der Waals surface area contributed by atoms with Crippen molar-refractivity contribution in [3.8, 4) is 0 Å². The summed E-state index contributed by atoms with van der Waals surface area (Å²) >= 11 is 7.11. The predicted octanol–water partition coefficient (Wildman–Crippen LogP) is 19.9. The molecule has 0 aromatic heterocycles. The van der Waals surface area contributed by atoms with Crippen LogP contribution in [0.4, 0.5) is 0 Å². The Morgan fingerprint density at radius 1 is 0.237 bits per heavy atom. The second-order valence-electron chi connectivity index (χ2n) is 22.0. The molecule has 0 aliphatic carbocycles. The van der Waals surface area contributed by atoms with Gasteiger partial charge in [-0.3, -0.25) is 19.2 Å². The lowest BCUT2D eigenvalue weighted by Crippen LogP contribution is -2.44.